The third-order valence-electron chi connectivity index (χ3n) is 3.76. The van der Waals surface area contributed by atoms with E-state index in [4.69, 9.17) is 10.4 Å². The van der Waals surface area contributed by atoms with E-state index in [1.54, 1.807) is 18.2 Å². The van der Waals surface area contributed by atoms with Gasteiger partial charge >= 0.3 is 0 Å². The number of benzene rings is 2. The molecule has 0 aliphatic carbocycles. The molecule has 0 saturated carbocycles. The Labute approximate surface area is 136 Å². The summed E-state index contributed by atoms with van der Waals surface area (Å²) in [4.78, 5) is 12.6. The Bertz CT molecular complexity index is 705. The quantitative estimate of drug-likeness (QED) is 0.861. The highest BCUT2D eigenvalue weighted by Crippen LogP contribution is 2.20. The third-order valence-corrected chi connectivity index (χ3v) is 3.76. The fourth-order valence-corrected chi connectivity index (χ4v) is 2.53. The number of nitriles is 1. The molecule has 0 aromatic heterocycles. The average Bonchev–Trinajstić information content (AvgIpc) is 2.58. The Morgan fingerprint density at radius 3 is 2.61 bits per heavy atom. The Morgan fingerprint density at radius 2 is 2.00 bits per heavy atom. The van der Waals surface area contributed by atoms with Gasteiger partial charge in [-0.25, -0.2) is 0 Å². The summed E-state index contributed by atoms with van der Waals surface area (Å²) in [7, 11) is 0. The first-order valence-corrected chi connectivity index (χ1v) is 7.63. The number of aliphatic hydroxyl groups is 1. The molecule has 1 amide bonds. The Hall–Kier alpha value is -2.64. The molecule has 1 atom stereocenters. The van der Waals surface area contributed by atoms with Gasteiger partial charge in [-0.3, -0.25) is 4.79 Å². The van der Waals surface area contributed by atoms with E-state index in [1.807, 2.05) is 37.3 Å². The molecule has 0 heterocycles. The predicted molar refractivity (Wildman–Crippen MR) is 88.9 cm³/mol. The second kappa shape index (κ2) is 8.11. The number of aliphatic hydroxyl groups excluding tert-OH is 1. The molecule has 0 spiro atoms. The molecule has 4 nitrogen and oxygen atoms in total. The molecule has 1 unspecified atom stereocenters. The first kappa shape index (κ1) is 16.7. The van der Waals surface area contributed by atoms with Crippen LogP contribution in [-0.4, -0.2) is 17.6 Å². The van der Waals surface area contributed by atoms with E-state index in [0.717, 1.165) is 11.1 Å². The molecule has 2 N–H and O–H groups in total. The maximum absolute atomic E-state index is 12.6. The van der Waals surface area contributed by atoms with Gasteiger partial charge in [0.25, 0.3) is 5.91 Å². The van der Waals surface area contributed by atoms with Crippen LogP contribution in [0.25, 0.3) is 0 Å². The number of carbonyl (C=O) groups is 1. The lowest BCUT2D eigenvalue weighted by Gasteiger charge is -2.19. The minimum atomic E-state index is -0.168. The summed E-state index contributed by atoms with van der Waals surface area (Å²) in [5.74, 6) is -0.168. The van der Waals surface area contributed by atoms with E-state index in [9.17, 15) is 4.79 Å². The van der Waals surface area contributed by atoms with Gasteiger partial charge in [-0.15, -0.1) is 0 Å². The lowest BCUT2D eigenvalue weighted by Crippen LogP contribution is -2.29. The van der Waals surface area contributed by atoms with Gasteiger partial charge in [0.1, 0.15) is 0 Å². The summed E-state index contributed by atoms with van der Waals surface area (Å²) in [5.41, 5.74) is 2.89. The Kier molecular flexibility index (Phi) is 5.90. The van der Waals surface area contributed by atoms with E-state index in [2.05, 4.69) is 11.4 Å². The van der Waals surface area contributed by atoms with E-state index in [-0.39, 0.29) is 18.6 Å². The van der Waals surface area contributed by atoms with E-state index < -0.39 is 0 Å². The lowest BCUT2D eigenvalue weighted by molar-refractivity contribution is 0.0931. The maximum Gasteiger partial charge on any atom is 0.252 e. The van der Waals surface area contributed by atoms with Crippen molar-refractivity contribution in [3.8, 4) is 6.07 Å². The molecule has 118 valence electrons. The molecule has 2 rings (SSSR count). The van der Waals surface area contributed by atoms with E-state index in [1.165, 1.54) is 0 Å². The van der Waals surface area contributed by atoms with Crippen LogP contribution in [0, 0.1) is 18.3 Å². The Balaban J connectivity index is 2.19. The van der Waals surface area contributed by atoms with Crippen molar-refractivity contribution in [2.45, 2.75) is 25.8 Å². The van der Waals surface area contributed by atoms with Gasteiger partial charge in [0.2, 0.25) is 0 Å². The van der Waals surface area contributed by atoms with Crippen LogP contribution in [0.3, 0.4) is 0 Å². The molecular weight excluding hydrogens is 288 g/mol. The summed E-state index contributed by atoms with van der Waals surface area (Å²) >= 11 is 0. The molecule has 2 aromatic rings. The SMILES string of the molecule is Cc1cc(C#N)ccc1C(=O)NC(CCCO)c1ccccc1. The molecule has 0 radical (unpaired) electrons. The third kappa shape index (κ3) is 4.41. The van der Waals surface area contributed by atoms with Gasteiger partial charge in [0.15, 0.2) is 0 Å². The molecule has 2 aromatic carbocycles. The zero-order valence-electron chi connectivity index (χ0n) is 13.1. The van der Waals surface area contributed by atoms with Gasteiger partial charge in [0, 0.05) is 12.2 Å². The molecule has 23 heavy (non-hydrogen) atoms. The van der Waals surface area contributed by atoms with Crippen LogP contribution in [0.4, 0.5) is 0 Å². The largest absolute Gasteiger partial charge is 0.396 e. The number of carbonyl (C=O) groups excluding carboxylic acids is 1. The van der Waals surface area contributed by atoms with Crippen LogP contribution in [0.2, 0.25) is 0 Å². The second-order valence-corrected chi connectivity index (χ2v) is 5.44. The summed E-state index contributed by atoms with van der Waals surface area (Å²) in [5, 5.41) is 21.0. The van der Waals surface area contributed by atoms with Gasteiger partial charge in [-0.05, 0) is 49.1 Å². The molecule has 0 saturated heterocycles. The van der Waals surface area contributed by atoms with Crippen LogP contribution in [0.5, 0.6) is 0 Å². The van der Waals surface area contributed by atoms with Gasteiger partial charge in [-0.2, -0.15) is 5.26 Å². The highest BCUT2D eigenvalue weighted by atomic mass is 16.3. The topological polar surface area (TPSA) is 73.1 Å². The fraction of sp³-hybridized carbons (Fsp3) is 0.263. The summed E-state index contributed by atoms with van der Waals surface area (Å²) in [6, 6.07) is 16.7. The maximum atomic E-state index is 12.6. The first-order chi connectivity index (χ1) is 11.2. The highest BCUT2D eigenvalue weighted by Gasteiger charge is 2.16. The van der Waals surface area contributed by atoms with Gasteiger partial charge < -0.3 is 10.4 Å². The number of aryl methyl sites for hydroxylation is 1. The average molecular weight is 308 g/mol. The van der Waals surface area contributed by atoms with Crippen molar-refractivity contribution in [3.05, 3.63) is 70.8 Å². The summed E-state index contributed by atoms with van der Waals surface area (Å²) in [6.07, 6.45) is 1.29. The molecule has 0 bridgehead atoms. The zero-order chi connectivity index (χ0) is 16.7. The first-order valence-electron chi connectivity index (χ1n) is 7.63. The van der Waals surface area contributed by atoms with Crippen molar-refractivity contribution in [1.82, 2.24) is 5.32 Å². The van der Waals surface area contributed by atoms with Gasteiger partial charge in [0.05, 0.1) is 17.7 Å². The van der Waals surface area contributed by atoms with Crippen molar-refractivity contribution in [3.63, 3.8) is 0 Å². The van der Waals surface area contributed by atoms with Crippen molar-refractivity contribution in [2.24, 2.45) is 0 Å². The van der Waals surface area contributed by atoms with Gasteiger partial charge in [-0.1, -0.05) is 30.3 Å². The summed E-state index contributed by atoms with van der Waals surface area (Å²) < 4.78 is 0. The minimum absolute atomic E-state index is 0.0924. The highest BCUT2D eigenvalue weighted by molar-refractivity contribution is 5.96. The summed E-state index contributed by atoms with van der Waals surface area (Å²) in [6.45, 7) is 1.91. The van der Waals surface area contributed by atoms with Crippen molar-refractivity contribution in [2.75, 3.05) is 6.61 Å². The van der Waals surface area contributed by atoms with Crippen molar-refractivity contribution < 1.29 is 9.90 Å². The number of amides is 1. The number of rotatable bonds is 6. The van der Waals surface area contributed by atoms with Crippen LogP contribution in [0.1, 0.15) is 45.9 Å². The molecular formula is C19H20N2O2. The molecule has 0 fully saturated rings. The predicted octanol–water partition coefficient (Wildman–Crippen LogP) is 3.11. The number of hydrogen-bond donors (Lipinski definition) is 2. The number of nitrogens with one attached hydrogen (secondary N) is 1. The lowest BCUT2D eigenvalue weighted by atomic mass is 10.00. The number of nitrogens with zero attached hydrogens (tertiary/aromatic N) is 1. The fourth-order valence-electron chi connectivity index (χ4n) is 2.53. The minimum Gasteiger partial charge on any atom is -0.396 e. The molecule has 0 aliphatic rings. The zero-order valence-corrected chi connectivity index (χ0v) is 13.1. The van der Waals surface area contributed by atoms with Crippen LogP contribution < -0.4 is 5.32 Å². The van der Waals surface area contributed by atoms with E-state index >= 15 is 0 Å². The van der Waals surface area contributed by atoms with E-state index in [0.29, 0.717) is 24.0 Å². The number of hydrogen-bond acceptors (Lipinski definition) is 3. The van der Waals surface area contributed by atoms with Crippen LogP contribution >= 0.6 is 0 Å². The smallest absolute Gasteiger partial charge is 0.252 e. The standard InChI is InChI=1S/C19H20N2O2/c1-14-12-15(13-20)9-10-17(14)19(23)21-18(8-5-11-22)16-6-3-2-4-7-16/h2-4,6-7,9-10,12,18,22H,5,8,11H2,1H3,(H,21,23). The monoisotopic (exact) mass is 308 g/mol. The van der Waals surface area contributed by atoms with Crippen LogP contribution in [0.15, 0.2) is 48.5 Å². The second-order valence-electron chi connectivity index (χ2n) is 5.44. The van der Waals surface area contributed by atoms with Crippen LogP contribution in [-0.2, 0) is 0 Å². The molecule has 4 heteroatoms. The Morgan fingerprint density at radius 1 is 1.26 bits per heavy atom. The molecule has 0 aliphatic heterocycles. The van der Waals surface area contributed by atoms with Crippen molar-refractivity contribution in [1.29, 1.82) is 5.26 Å². The van der Waals surface area contributed by atoms with Crippen molar-refractivity contribution >= 4 is 5.91 Å². The normalized spacial score (nSPS) is 11.5.